The summed E-state index contributed by atoms with van der Waals surface area (Å²) in [6, 6.07) is 8.91. The van der Waals surface area contributed by atoms with Crippen LogP contribution in [0.1, 0.15) is 62.5 Å². The molecule has 1 aliphatic rings. The summed E-state index contributed by atoms with van der Waals surface area (Å²) < 4.78 is 9.72. The average molecular weight is 290 g/mol. The van der Waals surface area contributed by atoms with Gasteiger partial charge in [-0.1, -0.05) is 43.5 Å². The number of hydrogen-bond acceptors (Lipinski definition) is 3. The highest BCUT2D eigenvalue weighted by molar-refractivity contribution is 5.59. The van der Waals surface area contributed by atoms with E-state index in [4.69, 9.17) is 9.47 Å². The maximum absolute atomic E-state index is 11.1. The van der Waals surface area contributed by atoms with E-state index in [9.17, 15) is 4.79 Å². The Kier molecular flexibility index (Phi) is 6.58. The van der Waals surface area contributed by atoms with Gasteiger partial charge in [0.2, 0.25) is 0 Å². The highest BCUT2D eigenvalue weighted by Crippen LogP contribution is 2.32. The largest absolute Gasteiger partial charge is 0.508 e. The van der Waals surface area contributed by atoms with Gasteiger partial charge in [0.25, 0.3) is 0 Å². The second kappa shape index (κ2) is 8.71. The summed E-state index contributed by atoms with van der Waals surface area (Å²) in [4.78, 5) is 11.1. The van der Waals surface area contributed by atoms with Gasteiger partial charge >= 0.3 is 6.16 Å². The number of ether oxygens (including phenoxy) is 2. The van der Waals surface area contributed by atoms with Crippen LogP contribution in [0, 0.1) is 0 Å². The third-order valence-electron chi connectivity index (χ3n) is 4.12. The van der Waals surface area contributed by atoms with Gasteiger partial charge in [-0.25, -0.2) is 4.79 Å². The first-order valence-electron chi connectivity index (χ1n) is 8.18. The minimum Gasteiger partial charge on any atom is -0.435 e. The number of benzene rings is 1. The van der Waals surface area contributed by atoms with Crippen LogP contribution < -0.4 is 0 Å². The molecule has 0 aromatic heterocycles. The van der Waals surface area contributed by atoms with Crippen LogP contribution in [0.5, 0.6) is 0 Å². The van der Waals surface area contributed by atoms with Crippen LogP contribution in [0.3, 0.4) is 0 Å². The van der Waals surface area contributed by atoms with Crippen LogP contribution in [-0.2, 0) is 15.9 Å². The van der Waals surface area contributed by atoms with Crippen molar-refractivity contribution in [1.82, 2.24) is 0 Å². The Morgan fingerprint density at radius 1 is 1.19 bits per heavy atom. The Hall–Kier alpha value is -1.51. The van der Waals surface area contributed by atoms with E-state index in [1.165, 1.54) is 43.2 Å². The van der Waals surface area contributed by atoms with Gasteiger partial charge in [0.1, 0.15) is 0 Å². The minimum atomic E-state index is -0.562. The molecule has 1 aromatic carbocycles. The maximum Gasteiger partial charge on any atom is 0.508 e. The molecule has 0 N–H and O–H groups in total. The van der Waals surface area contributed by atoms with Gasteiger partial charge in [0.15, 0.2) is 0 Å². The quantitative estimate of drug-likeness (QED) is 0.555. The Balaban J connectivity index is 1.77. The Bertz CT molecular complexity index is 436. The zero-order valence-electron chi connectivity index (χ0n) is 13.0. The van der Waals surface area contributed by atoms with Gasteiger partial charge in [-0.3, -0.25) is 0 Å². The van der Waals surface area contributed by atoms with Crippen molar-refractivity contribution in [2.75, 3.05) is 13.2 Å². The predicted octanol–water partition coefficient (Wildman–Crippen LogP) is 4.84. The normalized spacial score (nSPS) is 15.7. The van der Waals surface area contributed by atoms with Gasteiger partial charge in [-0.15, -0.1) is 0 Å². The first-order valence-corrected chi connectivity index (χ1v) is 8.18. The number of carbonyl (C=O) groups excluding carboxylic acids is 1. The van der Waals surface area contributed by atoms with Crippen LogP contribution in [0.25, 0.3) is 0 Å². The van der Waals surface area contributed by atoms with Crippen LogP contribution in [0.4, 0.5) is 4.79 Å². The minimum absolute atomic E-state index is 0.363. The summed E-state index contributed by atoms with van der Waals surface area (Å²) >= 11 is 0. The van der Waals surface area contributed by atoms with Crippen molar-refractivity contribution < 1.29 is 14.3 Å². The predicted molar refractivity (Wildman–Crippen MR) is 83.6 cm³/mol. The molecule has 0 heterocycles. The van der Waals surface area contributed by atoms with Crippen LogP contribution >= 0.6 is 0 Å². The molecule has 2 rings (SSSR count). The fourth-order valence-corrected chi connectivity index (χ4v) is 3.03. The second-order valence-electron chi connectivity index (χ2n) is 5.71. The standard InChI is InChI=1S/C18H26O3/c1-2-20-18(19)21-13-7-9-15-8-6-12-17(14-15)16-10-4-3-5-11-16/h6,8,12,14,16H,2-5,7,9-11,13H2,1H3. The molecule has 1 fully saturated rings. The van der Waals surface area contributed by atoms with E-state index in [-0.39, 0.29) is 0 Å². The van der Waals surface area contributed by atoms with E-state index < -0.39 is 6.16 Å². The molecule has 116 valence electrons. The summed E-state index contributed by atoms with van der Waals surface area (Å²) in [5, 5.41) is 0. The third-order valence-corrected chi connectivity index (χ3v) is 4.12. The topological polar surface area (TPSA) is 35.5 Å². The van der Waals surface area contributed by atoms with Crippen LogP contribution in [-0.4, -0.2) is 19.4 Å². The monoisotopic (exact) mass is 290 g/mol. The van der Waals surface area contributed by atoms with Crippen LogP contribution in [0.15, 0.2) is 24.3 Å². The van der Waals surface area contributed by atoms with E-state index in [0.717, 1.165) is 18.8 Å². The molecule has 0 saturated heterocycles. The van der Waals surface area contributed by atoms with Crippen molar-refractivity contribution in [2.45, 2.75) is 57.8 Å². The smallest absolute Gasteiger partial charge is 0.435 e. The summed E-state index contributed by atoms with van der Waals surface area (Å²) in [6.07, 6.45) is 8.00. The molecule has 1 saturated carbocycles. The fourth-order valence-electron chi connectivity index (χ4n) is 3.03. The maximum atomic E-state index is 11.1. The van der Waals surface area contributed by atoms with E-state index in [1.54, 1.807) is 6.92 Å². The van der Waals surface area contributed by atoms with Crippen molar-refractivity contribution >= 4 is 6.16 Å². The van der Waals surface area contributed by atoms with Crippen molar-refractivity contribution in [2.24, 2.45) is 0 Å². The summed E-state index contributed by atoms with van der Waals surface area (Å²) in [5.41, 5.74) is 2.82. The molecule has 1 aliphatic carbocycles. The molecule has 21 heavy (non-hydrogen) atoms. The van der Waals surface area contributed by atoms with Gasteiger partial charge in [0, 0.05) is 0 Å². The Morgan fingerprint density at radius 3 is 2.76 bits per heavy atom. The van der Waals surface area contributed by atoms with E-state index >= 15 is 0 Å². The van der Waals surface area contributed by atoms with Gasteiger partial charge < -0.3 is 9.47 Å². The zero-order valence-corrected chi connectivity index (χ0v) is 13.0. The molecular formula is C18H26O3. The first-order chi connectivity index (χ1) is 10.3. The summed E-state index contributed by atoms with van der Waals surface area (Å²) in [5.74, 6) is 0.745. The fraction of sp³-hybridized carbons (Fsp3) is 0.611. The van der Waals surface area contributed by atoms with Gasteiger partial charge in [-0.05, 0) is 49.7 Å². The lowest BCUT2D eigenvalue weighted by Gasteiger charge is -2.22. The van der Waals surface area contributed by atoms with E-state index in [0.29, 0.717) is 13.2 Å². The highest BCUT2D eigenvalue weighted by Gasteiger charge is 2.15. The van der Waals surface area contributed by atoms with Crippen molar-refractivity contribution in [3.05, 3.63) is 35.4 Å². The molecule has 1 aromatic rings. The summed E-state index contributed by atoms with van der Waals surface area (Å²) in [7, 11) is 0. The molecule has 3 heteroatoms. The van der Waals surface area contributed by atoms with E-state index in [1.807, 2.05) is 0 Å². The lowest BCUT2D eigenvalue weighted by molar-refractivity contribution is 0.0584. The van der Waals surface area contributed by atoms with E-state index in [2.05, 4.69) is 24.3 Å². The summed E-state index contributed by atoms with van der Waals surface area (Å²) in [6.45, 7) is 2.56. The van der Waals surface area contributed by atoms with Gasteiger partial charge in [0.05, 0.1) is 13.2 Å². The lowest BCUT2D eigenvalue weighted by Crippen LogP contribution is -2.08. The van der Waals surface area contributed by atoms with Gasteiger partial charge in [-0.2, -0.15) is 0 Å². The SMILES string of the molecule is CCOC(=O)OCCCc1cccc(C2CCCCC2)c1. The van der Waals surface area contributed by atoms with Crippen molar-refractivity contribution in [1.29, 1.82) is 0 Å². The Labute approximate surface area is 127 Å². The molecular weight excluding hydrogens is 264 g/mol. The number of aryl methyl sites for hydroxylation is 1. The highest BCUT2D eigenvalue weighted by atomic mass is 16.7. The number of carbonyl (C=O) groups is 1. The number of hydrogen-bond donors (Lipinski definition) is 0. The Morgan fingerprint density at radius 2 is 2.00 bits per heavy atom. The molecule has 0 atom stereocenters. The molecule has 0 spiro atoms. The second-order valence-corrected chi connectivity index (χ2v) is 5.71. The number of rotatable bonds is 6. The van der Waals surface area contributed by atoms with Crippen molar-refractivity contribution in [3.63, 3.8) is 0 Å². The first kappa shape index (κ1) is 15.9. The molecule has 0 aliphatic heterocycles. The molecule has 3 nitrogen and oxygen atoms in total. The average Bonchev–Trinajstić information content (AvgIpc) is 2.53. The molecule has 0 bridgehead atoms. The zero-order chi connectivity index (χ0) is 14.9. The lowest BCUT2D eigenvalue weighted by atomic mass is 9.83. The third kappa shape index (κ3) is 5.41. The van der Waals surface area contributed by atoms with Crippen LogP contribution in [0.2, 0.25) is 0 Å². The van der Waals surface area contributed by atoms with Crippen molar-refractivity contribution in [3.8, 4) is 0 Å². The molecule has 0 amide bonds. The molecule has 0 radical (unpaired) electrons. The molecule has 0 unspecified atom stereocenters.